The van der Waals surface area contributed by atoms with Crippen molar-refractivity contribution in [1.82, 2.24) is 19.8 Å². The molecule has 3 aliphatic rings. The summed E-state index contributed by atoms with van der Waals surface area (Å²) in [5.74, 6) is 0.0257. The maximum Gasteiger partial charge on any atom is 0.272 e. The van der Waals surface area contributed by atoms with Crippen LogP contribution in [-0.2, 0) is 6.42 Å². The molecule has 1 aliphatic carbocycles. The Hall–Kier alpha value is -3.74. The van der Waals surface area contributed by atoms with Gasteiger partial charge in [-0.1, -0.05) is 12.1 Å². The standard InChI is InChI=1S/C31H35N5O2/c1-34(30(38)27-4-2-3-15-33-27)28-8-7-23-5-6-24(22-26(23)28)29(37)36-20-13-31(14-21-36)11-18-35(19-12-31)25-9-16-32-17-10-25/h2-6,9-10,15-17,22,28H,7-8,11-14,18-21H2,1H3. The number of nitrogens with zero attached hydrogens (tertiary/aromatic N) is 5. The summed E-state index contributed by atoms with van der Waals surface area (Å²) in [6.45, 7) is 3.75. The van der Waals surface area contributed by atoms with Crippen LogP contribution in [0.2, 0.25) is 0 Å². The summed E-state index contributed by atoms with van der Waals surface area (Å²) in [6.07, 6.45) is 11.6. The molecule has 1 spiro atoms. The number of piperidine rings is 2. The average molecular weight is 510 g/mol. The van der Waals surface area contributed by atoms with Gasteiger partial charge in [-0.25, -0.2) is 0 Å². The molecule has 0 saturated carbocycles. The van der Waals surface area contributed by atoms with E-state index in [4.69, 9.17) is 0 Å². The van der Waals surface area contributed by atoms with Crippen LogP contribution in [-0.4, -0.2) is 64.8 Å². The second-order valence-electron chi connectivity index (χ2n) is 11.1. The predicted octanol–water partition coefficient (Wildman–Crippen LogP) is 4.76. The summed E-state index contributed by atoms with van der Waals surface area (Å²) in [6, 6.07) is 15.6. The van der Waals surface area contributed by atoms with Crippen LogP contribution in [0.4, 0.5) is 5.69 Å². The molecule has 3 aromatic rings. The Bertz CT molecular complexity index is 1290. The molecule has 196 valence electrons. The van der Waals surface area contributed by atoms with Gasteiger partial charge in [-0.15, -0.1) is 0 Å². The van der Waals surface area contributed by atoms with Crippen LogP contribution in [0.5, 0.6) is 0 Å². The van der Waals surface area contributed by atoms with Crippen molar-refractivity contribution >= 4 is 17.5 Å². The van der Waals surface area contributed by atoms with Crippen molar-refractivity contribution < 1.29 is 9.59 Å². The van der Waals surface area contributed by atoms with Crippen molar-refractivity contribution in [3.8, 4) is 0 Å². The number of likely N-dealkylation sites (tertiary alicyclic amines) is 1. The summed E-state index contributed by atoms with van der Waals surface area (Å²) in [5, 5.41) is 0. The van der Waals surface area contributed by atoms with Crippen molar-refractivity contribution in [1.29, 1.82) is 0 Å². The van der Waals surface area contributed by atoms with Gasteiger partial charge in [-0.3, -0.25) is 19.6 Å². The van der Waals surface area contributed by atoms with Gasteiger partial charge in [0.15, 0.2) is 0 Å². The highest BCUT2D eigenvalue weighted by molar-refractivity contribution is 5.95. The molecule has 7 heteroatoms. The van der Waals surface area contributed by atoms with E-state index >= 15 is 0 Å². The number of benzene rings is 1. The highest BCUT2D eigenvalue weighted by Crippen LogP contribution is 2.42. The Morgan fingerprint density at radius 2 is 1.66 bits per heavy atom. The highest BCUT2D eigenvalue weighted by atomic mass is 16.2. The van der Waals surface area contributed by atoms with Gasteiger partial charge in [0.2, 0.25) is 0 Å². The molecule has 2 saturated heterocycles. The number of hydrogen-bond donors (Lipinski definition) is 0. The van der Waals surface area contributed by atoms with Gasteiger partial charge in [0, 0.05) is 63.1 Å². The zero-order chi connectivity index (χ0) is 26.1. The third kappa shape index (κ3) is 4.66. The van der Waals surface area contributed by atoms with Gasteiger partial charge >= 0.3 is 0 Å². The number of pyridine rings is 2. The van der Waals surface area contributed by atoms with E-state index in [1.807, 2.05) is 48.6 Å². The van der Waals surface area contributed by atoms with Crippen molar-refractivity contribution in [3.05, 3.63) is 89.5 Å². The number of aryl methyl sites for hydroxylation is 1. The van der Waals surface area contributed by atoms with E-state index in [-0.39, 0.29) is 17.9 Å². The quantitative estimate of drug-likeness (QED) is 0.507. The molecule has 2 aliphatic heterocycles. The molecule has 2 fully saturated rings. The SMILES string of the molecule is CN(C(=O)c1ccccn1)C1CCc2ccc(C(=O)N3CCC4(CC3)CCN(c3ccncc3)CC4)cc21. The highest BCUT2D eigenvalue weighted by Gasteiger charge is 2.39. The van der Waals surface area contributed by atoms with E-state index < -0.39 is 0 Å². The molecule has 7 nitrogen and oxygen atoms in total. The van der Waals surface area contributed by atoms with Crippen LogP contribution in [0, 0.1) is 5.41 Å². The lowest BCUT2D eigenvalue weighted by Crippen LogP contribution is -2.48. The number of carbonyl (C=O) groups is 2. The van der Waals surface area contributed by atoms with Gasteiger partial charge in [0.25, 0.3) is 11.8 Å². The summed E-state index contributed by atoms with van der Waals surface area (Å²) >= 11 is 0. The minimum atomic E-state index is -0.0866. The van der Waals surface area contributed by atoms with E-state index in [9.17, 15) is 9.59 Å². The minimum Gasteiger partial charge on any atom is -0.371 e. The zero-order valence-corrected chi connectivity index (χ0v) is 22.1. The number of amides is 2. The van der Waals surface area contributed by atoms with E-state index in [0.29, 0.717) is 11.1 Å². The molecular weight excluding hydrogens is 474 g/mol. The first-order valence-electron chi connectivity index (χ1n) is 13.8. The van der Waals surface area contributed by atoms with E-state index in [1.165, 1.54) is 24.1 Å². The third-order valence-electron chi connectivity index (χ3n) is 9.07. The molecule has 2 amide bonds. The maximum absolute atomic E-state index is 13.6. The van der Waals surface area contributed by atoms with Crippen molar-refractivity contribution in [2.75, 3.05) is 38.1 Å². The number of aromatic nitrogens is 2. The lowest BCUT2D eigenvalue weighted by Gasteiger charge is -2.47. The maximum atomic E-state index is 13.6. The van der Waals surface area contributed by atoms with Crippen molar-refractivity contribution in [2.24, 2.45) is 5.41 Å². The molecule has 1 atom stereocenters. The molecule has 4 heterocycles. The molecule has 6 rings (SSSR count). The van der Waals surface area contributed by atoms with Crippen LogP contribution >= 0.6 is 0 Å². The Balaban J connectivity index is 1.10. The van der Waals surface area contributed by atoms with Crippen molar-refractivity contribution in [2.45, 2.75) is 44.6 Å². The summed E-state index contributed by atoms with van der Waals surface area (Å²) in [7, 11) is 1.84. The van der Waals surface area contributed by atoms with Crippen LogP contribution < -0.4 is 4.90 Å². The molecule has 1 unspecified atom stereocenters. The second-order valence-corrected chi connectivity index (χ2v) is 11.1. The first kappa shape index (κ1) is 24.6. The van der Waals surface area contributed by atoms with E-state index in [1.54, 1.807) is 17.2 Å². The third-order valence-corrected chi connectivity index (χ3v) is 9.07. The van der Waals surface area contributed by atoms with Gasteiger partial charge < -0.3 is 14.7 Å². The number of fused-ring (bicyclic) bond motifs is 1. The Labute approximate surface area is 224 Å². The molecule has 1 aromatic carbocycles. The topological polar surface area (TPSA) is 69.6 Å². The lowest BCUT2D eigenvalue weighted by atomic mass is 9.71. The number of anilines is 1. The fourth-order valence-electron chi connectivity index (χ4n) is 6.59. The minimum absolute atomic E-state index is 0.0394. The van der Waals surface area contributed by atoms with Gasteiger partial charge in [-0.05, 0) is 91.5 Å². The number of rotatable bonds is 4. The first-order chi connectivity index (χ1) is 18.5. The molecular formula is C31H35N5O2. The summed E-state index contributed by atoms with van der Waals surface area (Å²) in [4.78, 5) is 41.3. The summed E-state index contributed by atoms with van der Waals surface area (Å²) in [5.41, 5.74) is 5.11. The number of carbonyl (C=O) groups excluding carboxylic acids is 2. The van der Waals surface area contributed by atoms with Crippen LogP contribution in [0.1, 0.15) is 70.1 Å². The monoisotopic (exact) mass is 509 g/mol. The Morgan fingerprint density at radius 3 is 2.37 bits per heavy atom. The predicted molar refractivity (Wildman–Crippen MR) is 147 cm³/mol. The molecule has 2 aromatic heterocycles. The van der Waals surface area contributed by atoms with Crippen LogP contribution in [0.3, 0.4) is 0 Å². The molecule has 0 bridgehead atoms. The fraction of sp³-hybridized carbons (Fsp3) is 0.419. The molecule has 0 N–H and O–H groups in total. The average Bonchev–Trinajstić information content (AvgIpc) is 3.41. The molecule has 38 heavy (non-hydrogen) atoms. The summed E-state index contributed by atoms with van der Waals surface area (Å²) < 4.78 is 0. The van der Waals surface area contributed by atoms with Gasteiger partial charge in [0.05, 0.1) is 6.04 Å². The Kier molecular flexibility index (Phi) is 6.60. The largest absolute Gasteiger partial charge is 0.371 e. The lowest BCUT2D eigenvalue weighted by molar-refractivity contribution is 0.0515. The van der Waals surface area contributed by atoms with Crippen LogP contribution in [0.25, 0.3) is 0 Å². The zero-order valence-electron chi connectivity index (χ0n) is 22.1. The van der Waals surface area contributed by atoms with E-state index in [0.717, 1.165) is 63.0 Å². The smallest absolute Gasteiger partial charge is 0.272 e. The van der Waals surface area contributed by atoms with Gasteiger partial charge in [0.1, 0.15) is 5.69 Å². The molecule has 0 radical (unpaired) electrons. The first-order valence-corrected chi connectivity index (χ1v) is 13.8. The second kappa shape index (κ2) is 10.2. The normalized spacial score (nSPS) is 20.3. The van der Waals surface area contributed by atoms with Gasteiger partial charge in [-0.2, -0.15) is 0 Å². The van der Waals surface area contributed by atoms with E-state index in [2.05, 4.69) is 33.1 Å². The fourth-order valence-corrected chi connectivity index (χ4v) is 6.59. The number of hydrogen-bond acceptors (Lipinski definition) is 5. The van der Waals surface area contributed by atoms with Crippen molar-refractivity contribution in [3.63, 3.8) is 0 Å². The van der Waals surface area contributed by atoms with Crippen LogP contribution in [0.15, 0.2) is 67.1 Å². The Morgan fingerprint density at radius 1 is 0.921 bits per heavy atom.